The number of aromatic nitrogens is 1. The van der Waals surface area contributed by atoms with E-state index < -0.39 is 17.7 Å². The van der Waals surface area contributed by atoms with Gasteiger partial charge in [0.1, 0.15) is 10.8 Å². The number of rotatable bonds is 5. The molecule has 2 rings (SSSR count). The van der Waals surface area contributed by atoms with Gasteiger partial charge in [0.25, 0.3) is 0 Å². The van der Waals surface area contributed by atoms with Gasteiger partial charge in [-0.15, -0.1) is 0 Å². The largest absolute Gasteiger partial charge is 0.480 e. The second-order valence-corrected chi connectivity index (χ2v) is 6.21. The Morgan fingerprint density at radius 2 is 1.88 bits per heavy atom. The van der Waals surface area contributed by atoms with Crippen molar-refractivity contribution in [1.82, 2.24) is 4.98 Å². The third-order valence-electron chi connectivity index (χ3n) is 3.30. The fourth-order valence-corrected chi connectivity index (χ4v) is 2.64. The van der Waals surface area contributed by atoms with E-state index in [2.05, 4.69) is 9.72 Å². The molecule has 0 fully saturated rings. The van der Waals surface area contributed by atoms with Crippen molar-refractivity contribution in [2.24, 2.45) is 0 Å². The molecule has 0 aliphatic rings. The number of methoxy groups -OCH3 is 1. The van der Waals surface area contributed by atoms with Crippen LogP contribution in [0.4, 0.5) is 13.2 Å². The van der Waals surface area contributed by atoms with Gasteiger partial charge in [-0.25, -0.2) is 4.79 Å². The fourth-order valence-electron chi connectivity index (χ4n) is 1.95. The van der Waals surface area contributed by atoms with Gasteiger partial charge in [-0.3, -0.25) is 4.98 Å². The van der Waals surface area contributed by atoms with Crippen molar-refractivity contribution >= 4 is 40.8 Å². The number of carbonyl (C=O) groups excluding carboxylic acids is 1. The molecule has 0 N–H and O–H groups in total. The first-order chi connectivity index (χ1) is 12.1. The highest BCUT2D eigenvalue weighted by Gasteiger charge is 2.31. The van der Waals surface area contributed by atoms with E-state index in [1.807, 2.05) is 0 Å². The highest BCUT2D eigenvalue weighted by Crippen LogP contribution is 2.37. The summed E-state index contributed by atoms with van der Waals surface area (Å²) >= 11 is 18.2. The Bertz CT molecular complexity index is 828. The Morgan fingerprint density at radius 1 is 1.19 bits per heavy atom. The molecule has 10 heteroatoms. The molecule has 2 aromatic rings. The van der Waals surface area contributed by atoms with Crippen LogP contribution >= 0.6 is 34.8 Å². The lowest BCUT2D eigenvalue weighted by Gasteiger charge is -2.13. The number of nitrogens with zero attached hydrogens (tertiary/aromatic N) is 1. The molecule has 0 amide bonds. The molecule has 0 saturated heterocycles. The third-order valence-corrected chi connectivity index (χ3v) is 4.53. The summed E-state index contributed by atoms with van der Waals surface area (Å²) in [6.45, 7) is -0.349. The molecule has 26 heavy (non-hydrogen) atoms. The first-order valence-corrected chi connectivity index (χ1v) is 8.15. The summed E-state index contributed by atoms with van der Waals surface area (Å²) in [5, 5.41) is 0.0286. The molecule has 0 atom stereocenters. The van der Waals surface area contributed by atoms with E-state index in [-0.39, 0.29) is 39.5 Å². The maximum absolute atomic E-state index is 12.7. The number of halogens is 6. The Balaban J connectivity index is 2.23. The van der Waals surface area contributed by atoms with E-state index in [4.69, 9.17) is 39.5 Å². The molecule has 1 aromatic heterocycles. The number of esters is 1. The van der Waals surface area contributed by atoms with Crippen molar-refractivity contribution in [3.63, 3.8) is 0 Å². The summed E-state index contributed by atoms with van der Waals surface area (Å²) < 4.78 is 47.6. The molecule has 4 nitrogen and oxygen atoms in total. The molecular formula is C16H11Cl3F3NO3. The number of alkyl halides is 3. The summed E-state index contributed by atoms with van der Waals surface area (Å²) in [7, 11) is 1.21. The van der Waals surface area contributed by atoms with E-state index in [9.17, 15) is 18.0 Å². The molecule has 0 bridgehead atoms. The van der Waals surface area contributed by atoms with E-state index in [0.717, 1.165) is 6.07 Å². The molecule has 0 saturated carbocycles. The Morgan fingerprint density at radius 3 is 2.46 bits per heavy atom. The highest BCUT2D eigenvalue weighted by atomic mass is 35.5. The predicted molar refractivity (Wildman–Crippen MR) is 91.0 cm³/mol. The number of ether oxygens (including phenoxy) is 2. The summed E-state index contributed by atoms with van der Waals surface area (Å²) in [6, 6.07) is 3.83. The number of hydrogen-bond donors (Lipinski definition) is 0. The van der Waals surface area contributed by atoms with Crippen LogP contribution in [0.3, 0.4) is 0 Å². The zero-order valence-electron chi connectivity index (χ0n) is 13.2. The van der Waals surface area contributed by atoms with Crippen LogP contribution in [-0.4, -0.2) is 24.7 Å². The van der Waals surface area contributed by atoms with Crippen LogP contribution < -0.4 is 4.74 Å². The van der Waals surface area contributed by atoms with Crippen LogP contribution in [-0.2, 0) is 22.1 Å². The van der Waals surface area contributed by atoms with Crippen LogP contribution in [0.5, 0.6) is 5.75 Å². The van der Waals surface area contributed by atoms with E-state index >= 15 is 0 Å². The normalized spacial score (nSPS) is 11.3. The van der Waals surface area contributed by atoms with Crippen LogP contribution in [0.15, 0.2) is 24.4 Å². The van der Waals surface area contributed by atoms with Crippen molar-refractivity contribution in [2.45, 2.75) is 12.6 Å². The van der Waals surface area contributed by atoms with E-state index in [1.165, 1.54) is 13.2 Å². The number of carbonyl (C=O) groups is 1. The fraction of sp³-hybridized carbons (Fsp3) is 0.250. The van der Waals surface area contributed by atoms with Gasteiger partial charge < -0.3 is 9.47 Å². The van der Waals surface area contributed by atoms with Crippen LogP contribution in [0.1, 0.15) is 16.8 Å². The Hall–Kier alpha value is -1.70. The zero-order chi connectivity index (χ0) is 19.5. The molecule has 0 unspecified atom stereocenters. The molecule has 1 aromatic carbocycles. The lowest BCUT2D eigenvalue weighted by atomic mass is 10.1. The topological polar surface area (TPSA) is 48.4 Å². The summed E-state index contributed by atoms with van der Waals surface area (Å²) in [6.07, 6.45) is -3.77. The minimum absolute atomic E-state index is 0.0519. The Kier molecular flexibility index (Phi) is 6.60. The smallest absolute Gasteiger partial charge is 0.417 e. The second-order valence-electron chi connectivity index (χ2n) is 5.04. The van der Waals surface area contributed by atoms with Crippen LogP contribution in [0.25, 0.3) is 0 Å². The van der Waals surface area contributed by atoms with Crippen LogP contribution in [0, 0.1) is 0 Å². The van der Waals surface area contributed by atoms with E-state index in [1.54, 1.807) is 6.07 Å². The first-order valence-electron chi connectivity index (χ1n) is 7.01. The Labute approximate surface area is 161 Å². The molecule has 0 aliphatic heterocycles. The molecular weight excluding hydrogens is 418 g/mol. The highest BCUT2D eigenvalue weighted by molar-refractivity contribution is 6.43. The minimum Gasteiger partial charge on any atom is -0.480 e. The molecule has 1 heterocycles. The van der Waals surface area contributed by atoms with E-state index in [0.29, 0.717) is 11.8 Å². The van der Waals surface area contributed by atoms with Crippen molar-refractivity contribution in [1.29, 1.82) is 0 Å². The molecule has 0 spiro atoms. The quantitative estimate of drug-likeness (QED) is 0.614. The van der Waals surface area contributed by atoms with Gasteiger partial charge in [0, 0.05) is 12.6 Å². The second kappa shape index (κ2) is 8.33. The van der Waals surface area contributed by atoms with Crippen molar-refractivity contribution in [3.8, 4) is 5.75 Å². The zero-order valence-corrected chi connectivity index (χ0v) is 15.4. The molecule has 0 radical (unpaired) electrons. The average molecular weight is 429 g/mol. The monoisotopic (exact) mass is 427 g/mol. The van der Waals surface area contributed by atoms with Gasteiger partial charge in [0.15, 0.2) is 6.61 Å². The number of hydrogen-bond acceptors (Lipinski definition) is 4. The van der Waals surface area contributed by atoms with Gasteiger partial charge >= 0.3 is 12.1 Å². The van der Waals surface area contributed by atoms with Gasteiger partial charge in [-0.2, -0.15) is 13.2 Å². The molecule has 0 aliphatic carbocycles. The third kappa shape index (κ3) is 4.93. The predicted octanol–water partition coefficient (Wildman–Crippen LogP) is 5.20. The maximum atomic E-state index is 12.7. The summed E-state index contributed by atoms with van der Waals surface area (Å²) in [5.41, 5.74) is -0.251. The van der Waals surface area contributed by atoms with Gasteiger partial charge in [0.05, 0.1) is 28.4 Å². The summed E-state index contributed by atoms with van der Waals surface area (Å²) in [5.74, 6) is -0.431. The first kappa shape index (κ1) is 20.6. The van der Waals surface area contributed by atoms with Gasteiger partial charge in [0.2, 0.25) is 0 Å². The van der Waals surface area contributed by atoms with Gasteiger partial charge in [-0.1, -0.05) is 40.9 Å². The lowest BCUT2D eigenvalue weighted by molar-refractivity contribution is -0.143. The van der Waals surface area contributed by atoms with Crippen LogP contribution in [0.2, 0.25) is 15.1 Å². The molecule has 140 valence electrons. The van der Waals surface area contributed by atoms with Gasteiger partial charge in [-0.05, 0) is 17.7 Å². The average Bonchev–Trinajstić information content (AvgIpc) is 2.58. The van der Waals surface area contributed by atoms with Crippen molar-refractivity contribution in [3.05, 3.63) is 56.3 Å². The van der Waals surface area contributed by atoms with Crippen molar-refractivity contribution < 1.29 is 27.4 Å². The van der Waals surface area contributed by atoms with Crippen molar-refractivity contribution in [2.75, 3.05) is 13.7 Å². The minimum atomic E-state index is -4.53. The standard InChI is InChI=1S/C16H11Cl3F3NO3/c1-25-13(24)7-26-12-3-2-8(14(18)15(12)19)4-11-10(17)5-9(6-23-11)16(20,21)22/h2-3,5-6H,4,7H2,1H3. The maximum Gasteiger partial charge on any atom is 0.417 e. The summed E-state index contributed by atoms with van der Waals surface area (Å²) in [4.78, 5) is 14.9. The SMILES string of the molecule is COC(=O)COc1ccc(Cc2ncc(C(F)(F)F)cc2Cl)c(Cl)c1Cl. The number of benzene rings is 1. The number of pyridine rings is 1. The lowest BCUT2D eigenvalue weighted by Crippen LogP contribution is -2.12.